The van der Waals surface area contributed by atoms with Gasteiger partial charge in [-0.2, -0.15) is 17.9 Å². The normalized spacial score (nSPS) is 11.8. The Morgan fingerprint density at radius 2 is 1.80 bits per heavy atom. The van der Waals surface area contributed by atoms with Gasteiger partial charge in [-0.25, -0.2) is 13.6 Å². The van der Waals surface area contributed by atoms with Crippen molar-refractivity contribution in [1.29, 1.82) is 0 Å². The van der Waals surface area contributed by atoms with Gasteiger partial charge in [0.1, 0.15) is 17.3 Å². The molecule has 1 aromatic heterocycles. The minimum Gasteiger partial charge on any atom is -0.387 e. The highest BCUT2D eigenvalue weighted by Gasteiger charge is 2.32. The molecule has 0 spiro atoms. The molecule has 0 aliphatic carbocycles. The third-order valence-electron chi connectivity index (χ3n) is 3.23. The molecule has 0 radical (unpaired) electrons. The molecule has 0 unspecified atom stereocenters. The lowest BCUT2D eigenvalue weighted by molar-refractivity contribution is -0.137. The van der Waals surface area contributed by atoms with Gasteiger partial charge in [0, 0.05) is 0 Å². The Hall–Kier alpha value is -2.68. The van der Waals surface area contributed by atoms with E-state index in [1.807, 2.05) is 0 Å². The van der Waals surface area contributed by atoms with Gasteiger partial charge >= 0.3 is 11.9 Å². The zero-order valence-corrected chi connectivity index (χ0v) is 12.7. The lowest BCUT2D eigenvalue weighted by Gasteiger charge is -2.08. The molecule has 3 rings (SSSR count). The van der Waals surface area contributed by atoms with Crippen LogP contribution in [0, 0.1) is 11.6 Å². The van der Waals surface area contributed by atoms with Gasteiger partial charge in [-0.15, -0.1) is 5.10 Å². The maximum Gasteiger partial charge on any atom is 0.442 e. The van der Waals surface area contributed by atoms with Gasteiger partial charge in [0.25, 0.3) is 5.89 Å². The Kier molecular flexibility index (Phi) is 4.11. The summed E-state index contributed by atoms with van der Waals surface area (Å²) >= 11 is 5.81. The lowest BCUT2D eigenvalue weighted by Crippen LogP contribution is -2.16. The molecule has 0 fully saturated rings. The first kappa shape index (κ1) is 17.2. The molecular formula is C15H6ClF5N2O2. The topological polar surface area (TPSA) is 48.0 Å². The highest BCUT2D eigenvalue weighted by molar-refractivity contribution is 6.33. The van der Waals surface area contributed by atoms with Crippen LogP contribution in [-0.2, 0) is 6.18 Å². The van der Waals surface area contributed by atoms with Crippen LogP contribution in [0.4, 0.5) is 22.0 Å². The fraction of sp³-hybridized carbons (Fsp3) is 0.0667. The van der Waals surface area contributed by atoms with Crippen molar-refractivity contribution in [2.75, 3.05) is 0 Å². The molecule has 0 N–H and O–H groups in total. The van der Waals surface area contributed by atoms with E-state index in [2.05, 4.69) is 5.10 Å². The summed E-state index contributed by atoms with van der Waals surface area (Å²) in [5.41, 5.74) is -2.35. The van der Waals surface area contributed by atoms with Crippen LogP contribution in [0.5, 0.6) is 0 Å². The van der Waals surface area contributed by atoms with Gasteiger partial charge in [0.05, 0.1) is 16.1 Å². The molecule has 1 heterocycles. The van der Waals surface area contributed by atoms with E-state index < -0.39 is 40.7 Å². The second-order valence-electron chi connectivity index (χ2n) is 4.85. The minimum atomic E-state index is -4.76. The smallest absolute Gasteiger partial charge is 0.387 e. The van der Waals surface area contributed by atoms with Crippen molar-refractivity contribution in [3.63, 3.8) is 0 Å². The van der Waals surface area contributed by atoms with Crippen molar-refractivity contribution in [1.82, 2.24) is 9.78 Å². The Bertz CT molecular complexity index is 990. The number of halogens is 6. The van der Waals surface area contributed by atoms with Crippen molar-refractivity contribution in [2.24, 2.45) is 0 Å². The molecule has 25 heavy (non-hydrogen) atoms. The van der Waals surface area contributed by atoms with E-state index in [4.69, 9.17) is 16.0 Å². The van der Waals surface area contributed by atoms with Crippen molar-refractivity contribution >= 4 is 11.6 Å². The quantitative estimate of drug-likeness (QED) is 0.621. The fourth-order valence-electron chi connectivity index (χ4n) is 2.08. The van der Waals surface area contributed by atoms with Crippen LogP contribution in [0.15, 0.2) is 45.6 Å². The summed E-state index contributed by atoms with van der Waals surface area (Å²) in [4.78, 5) is 11.9. The molecule has 0 aliphatic rings. The number of nitrogens with zero attached hydrogens (tertiary/aromatic N) is 2. The van der Waals surface area contributed by atoms with Crippen LogP contribution >= 0.6 is 11.6 Å². The largest absolute Gasteiger partial charge is 0.442 e. The Morgan fingerprint density at radius 3 is 2.44 bits per heavy atom. The summed E-state index contributed by atoms with van der Waals surface area (Å²) in [5.74, 6) is -3.91. The van der Waals surface area contributed by atoms with Crippen molar-refractivity contribution in [3.05, 3.63) is 69.2 Å². The Morgan fingerprint density at radius 1 is 1.08 bits per heavy atom. The zero-order valence-electron chi connectivity index (χ0n) is 11.9. The summed E-state index contributed by atoms with van der Waals surface area (Å²) in [6.07, 6.45) is -4.76. The number of hydrogen-bond acceptors (Lipinski definition) is 3. The van der Waals surface area contributed by atoms with Crippen LogP contribution in [0.25, 0.3) is 17.1 Å². The van der Waals surface area contributed by atoms with Gasteiger partial charge in [-0.3, -0.25) is 0 Å². The van der Waals surface area contributed by atoms with Gasteiger partial charge in [-0.1, -0.05) is 17.7 Å². The van der Waals surface area contributed by atoms with Crippen LogP contribution in [0.3, 0.4) is 0 Å². The maximum absolute atomic E-state index is 13.9. The standard InChI is InChI=1S/C15H6ClF5N2O2/c16-8-2-1-3-10(18)12(8)13-22-23(14(24)25-13)11-6-7(15(19,20)21)4-5-9(11)17/h1-6H. The van der Waals surface area contributed by atoms with Crippen LogP contribution < -0.4 is 5.76 Å². The first-order valence-corrected chi connectivity index (χ1v) is 6.98. The van der Waals surface area contributed by atoms with Crippen LogP contribution in [0.1, 0.15) is 5.56 Å². The zero-order chi connectivity index (χ0) is 18.4. The van der Waals surface area contributed by atoms with Gasteiger partial charge in [-0.05, 0) is 30.3 Å². The predicted octanol–water partition coefficient (Wildman–Crippen LogP) is 4.44. The summed E-state index contributed by atoms with van der Waals surface area (Å²) in [7, 11) is 0. The fourth-order valence-corrected chi connectivity index (χ4v) is 2.33. The van der Waals surface area contributed by atoms with E-state index in [0.717, 1.165) is 6.07 Å². The molecule has 4 nitrogen and oxygen atoms in total. The van der Waals surface area contributed by atoms with E-state index in [1.54, 1.807) is 0 Å². The van der Waals surface area contributed by atoms with E-state index in [1.165, 1.54) is 12.1 Å². The predicted molar refractivity (Wildman–Crippen MR) is 77.5 cm³/mol. The van der Waals surface area contributed by atoms with Gasteiger partial charge < -0.3 is 4.42 Å². The van der Waals surface area contributed by atoms with Gasteiger partial charge in [0.15, 0.2) is 0 Å². The van der Waals surface area contributed by atoms with E-state index in [9.17, 15) is 26.7 Å². The van der Waals surface area contributed by atoms with E-state index in [-0.39, 0.29) is 15.3 Å². The Labute approximate surface area is 141 Å². The lowest BCUT2D eigenvalue weighted by atomic mass is 10.2. The molecule has 0 saturated carbocycles. The minimum absolute atomic E-state index is 0.141. The molecule has 0 atom stereocenters. The molecule has 0 saturated heterocycles. The van der Waals surface area contributed by atoms with Crippen molar-refractivity contribution in [3.8, 4) is 17.1 Å². The second-order valence-corrected chi connectivity index (χ2v) is 5.25. The first-order chi connectivity index (χ1) is 11.7. The molecule has 2 aromatic carbocycles. The molecule has 130 valence electrons. The number of alkyl halides is 3. The second kappa shape index (κ2) is 5.99. The summed E-state index contributed by atoms with van der Waals surface area (Å²) in [6, 6.07) is 5.05. The number of aromatic nitrogens is 2. The molecular weight excluding hydrogens is 371 g/mol. The van der Waals surface area contributed by atoms with Gasteiger partial charge in [0.2, 0.25) is 0 Å². The summed E-state index contributed by atoms with van der Waals surface area (Å²) < 4.78 is 71.0. The number of benzene rings is 2. The highest BCUT2D eigenvalue weighted by Crippen LogP contribution is 2.32. The summed E-state index contributed by atoms with van der Waals surface area (Å²) in [5, 5.41) is 3.42. The summed E-state index contributed by atoms with van der Waals surface area (Å²) in [6.45, 7) is 0. The van der Waals surface area contributed by atoms with Crippen molar-refractivity contribution in [2.45, 2.75) is 6.18 Å². The molecule has 0 aliphatic heterocycles. The SMILES string of the molecule is O=c1oc(-c2c(F)cccc2Cl)nn1-c1cc(C(F)(F)F)ccc1F. The molecule has 3 aromatic rings. The van der Waals surface area contributed by atoms with E-state index >= 15 is 0 Å². The maximum atomic E-state index is 13.9. The molecule has 10 heteroatoms. The van der Waals surface area contributed by atoms with Crippen LogP contribution in [0.2, 0.25) is 5.02 Å². The molecule has 0 amide bonds. The number of hydrogen-bond donors (Lipinski definition) is 0. The first-order valence-electron chi connectivity index (χ1n) is 6.60. The van der Waals surface area contributed by atoms with E-state index in [0.29, 0.717) is 18.2 Å². The highest BCUT2D eigenvalue weighted by atomic mass is 35.5. The average Bonchev–Trinajstić information content (AvgIpc) is 2.88. The average molecular weight is 377 g/mol. The molecule has 0 bridgehead atoms. The van der Waals surface area contributed by atoms with Crippen LogP contribution in [-0.4, -0.2) is 9.78 Å². The Balaban J connectivity index is 2.18. The third kappa shape index (κ3) is 3.14. The number of rotatable bonds is 2. The monoisotopic (exact) mass is 376 g/mol. The van der Waals surface area contributed by atoms with Crippen molar-refractivity contribution < 1.29 is 26.4 Å². The third-order valence-corrected chi connectivity index (χ3v) is 3.54.